The quantitative estimate of drug-likeness (QED) is 0.395. The molecule has 0 atom stereocenters. The van der Waals surface area contributed by atoms with E-state index in [4.69, 9.17) is 11.6 Å². The number of fused-ring (bicyclic) bond motifs is 1. The molecule has 0 amide bonds. The lowest BCUT2D eigenvalue weighted by Gasteiger charge is -2.11. The van der Waals surface area contributed by atoms with Gasteiger partial charge in [0, 0.05) is 15.1 Å². The summed E-state index contributed by atoms with van der Waals surface area (Å²) < 4.78 is 29.1. The number of rotatable bonds is 3. The second kappa shape index (κ2) is 6.78. The highest BCUT2D eigenvalue weighted by atomic mass is 79.9. The maximum Gasteiger partial charge on any atom is 0.269 e. The van der Waals surface area contributed by atoms with Crippen LogP contribution in [-0.2, 0) is 10.0 Å². The van der Waals surface area contributed by atoms with Crippen LogP contribution < -0.4 is 0 Å². The van der Waals surface area contributed by atoms with Crippen LogP contribution in [0.3, 0.4) is 0 Å². The van der Waals surface area contributed by atoms with Gasteiger partial charge < -0.3 is 0 Å². The molecule has 0 spiro atoms. The van der Waals surface area contributed by atoms with Gasteiger partial charge in [0.2, 0.25) is 0 Å². The second-order valence-electron chi connectivity index (χ2n) is 6.16. The molecule has 27 heavy (non-hydrogen) atoms. The number of nitrogens with zero attached hydrogens (tertiary/aromatic N) is 2. The Balaban J connectivity index is 2.05. The molecule has 0 aliphatic rings. The first-order valence-electron chi connectivity index (χ1n) is 8.12. The van der Waals surface area contributed by atoms with E-state index in [1.165, 1.54) is 3.97 Å². The number of imidazole rings is 1. The summed E-state index contributed by atoms with van der Waals surface area (Å²) >= 11 is 9.54. The van der Waals surface area contributed by atoms with Gasteiger partial charge in [0.1, 0.15) is 0 Å². The van der Waals surface area contributed by atoms with Gasteiger partial charge in [0.05, 0.1) is 15.9 Å². The first-order valence-corrected chi connectivity index (χ1v) is 10.7. The topological polar surface area (TPSA) is 52.0 Å². The monoisotopic (exact) mass is 460 g/mol. The lowest BCUT2D eigenvalue weighted by molar-refractivity contribution is 0.589. The predicted octanol–water partition coefficient (Wildman–Crippen LogP) is 5.66. The number of benzene rings is 3. The van der Waals surface area contributed by atoms with Crippen LogP contribution in [0.4, 0.5) is 0 Å². The Kier molecular flexibility index (Phi) is 4.58. The first kappa shape index (κ1) is 18.2. The molecule has 7 heteroatoms. The van der Waals surface area contributed by atoms with Crippen molar-refractivity contribution in [1.82, 2.24) is 8.96 Å². The van der Waals surface area contributed by atoms with Gasteiger partial charge in [-0.15, -0.1) is 0 Å². The third-order valence-electron chi connectivity index (χ3n) is 4.24. The summed E-state index contributed by atoms with van der Waals surface area (Å²) in [5.41, 5.74) is 2.69. The maximum atomic E-state index is 13.5. The summed E-state index contributed by atoms with van der Waals surface area (Å²) in [6.45, 7) is 1.91. The fourth-order valence-electron chi connectivity index (χ4n) is 2.87. The van der Waals surface area contributed by atoms with Gasteiger partial charge >= 0.3 is 0 Å². The molecule has 0 fully saturated rings. The number of aromatic nitrogens is 2. The highest BCUT2D eigenvalue weighted by Gasteiger charge is 2.25. The van der Waals surface area contributed by atoms with Crippen LogP contribution in [0.1, 0.15) is 5.56 Å². The normalized spacial score (nSPS) is 11.8. The van der Waals surface area contributed by atoms with E-state index >= 15 is 0 Å². The molecule has 4 aromatic rings. The Morgan fingerprint density at radius 3 is 2.30 bits per heavy atom. The van der Waals surface area contributed by atoms with E-state index < -0.39 is 10.0 Å². The molecule has 1 aromatic heterocycles. The standard InChI is InChI=1S/C20H14BrClN2O2S/c1-13-2-9-17(10-3-13)27(25,26)24-19-12-16(22)8-11-18(19)23-20(24)14-4-6-15(21)7-5-14/h2-12H,1H3. The van der Waals surface area contributed by atoms with Gasteiger partial charge in [-0.3, -0.25) is 0 Å². The van der Waals surface area contributed by atoms with Crippen molar-refractivity contribution in [3.8, 4) is 11.4 Å². The smallest absolute Gasteiger partial charge is 0.227 e. The summed E-state index contributed by atoms with van der Waals surface area (Å²) in [5, 5.41) is 0.449. The molecule has 0 N–H and O–H groups in total. The van der Waals surface area contributed by atoms with Crippen molar-refractivity contribution in [2.45, 2.75) is 11.8 Å². The van der Waals surface area contributed by atoms with Crippen molar-refractivity contribution in [2.24, 2.45) is 0 Å². The van der Waals surface area contributed by atoms with Crippen LogP contribution in [0, 0.1) is 6.92 Å². The van der Waals surface area contributed by atoms with Crippen molar-refractivity contribution in [3.63, 3.8) is 0 Å². The Morgan fingerprint density at radius 1 is 0.963 bits per heavy atom. The number of hydrogen-bond donors (Lipinski definition) is 0. The van der Waals surface area contributed by atoms with E-state index in [0.717, 1.165) is 10.0 Å². The van der Waals surface area contributed by atoms with E-state index in [9.17, 15) is 8.42 Å². The highest BCUT2D eigenvalue weighted by molar-refractivity contribution is 9.10. The zero-order valence-corrected chi connectivity index (χ0v) is 17.4. The van der Waals surface area contributed by atoms with Crippen LogP contribution in [0.5, 0.6) is 0 Å². The van der Waals surface area contributed by atoms with Crippen molar-refractivity contribution >= 4 is 48.6 Å². The number of hydrogen-bond acceptors (Lipinski definition) is 3. The zero-order valence-electron chi connectivity index (χ0n) is 14.2. The lowest BCUT2D eigenvalue weighted by Crippen LogP contribution is -2.14. The fraction of sp³-hybridized carbons (Fsp3) is 0.0500. The molecule has 0 saturated heterocycles. The molecule has 4 nitrogen and oxygen atoms in total. The van der Waals surface area contributed by atoms with E-state index in [2.05, 4.69) is 20.9 Å². The highest BCUT2D eigenvalue weighted by Crippen LogP contribution is 2.31. The Morgan fingerprint density at radius 2 is 1.63 bits per heavy atom. The minimum atomic E-state index is -3.86. The Bertz CT molecular complexity index is 1250. The number of halogens is 2. The van der Waals surface area contributed by atoms with E-state index in [1.54, 1.807) is 42.5 Å². The molecule has 0 aliphatic heterocycles. The molecular formula is C20H14BrClN2O2S. The van der Waals surface area contributed by atoms with Crippen LogP contribution in [-0.4, -0.2) is 17.4 Å². The largest absolute Gasteiger partial charge is 0.269 e. The van der Waals surface area contributed by atoms with Gasteiger partial charge in [-0.25, -0.2) is 17.4 Å². The lowest BCUT2D eigenvalue weighted by atomic mass is 10.2. The Hall–Kier alpha value is -2.15. The predicted molar refractivity (Wildman–Crippen MR) is 112 cm³/mol. The molecule has 0 aliphatic carbocycles. The third-order valence-corrected chi connectivity index (χ3v) is 6.72. The van der Waals surface area contributed by atoms with Crippen LogP contribution in [0.2, 0.25) is 5.02 Å². The van der Waals surface area contributed by atoms with Crippen LogP contribution >= 0.6 is 27.5 Å². The fourth-order valence-corrected chi connectivity index (χ4v) is 4.77. The first-order chi connectivity index (χ1) is 12.9. The molecule has 4 rings (SSSR count). The summed E-state index contributed by atoms with van der Waals surface area (Å²) in [5.74, 6) is 0.348. The molecule has 0 radical (unpaired) electrons. The molecule has 1 heterocycles. The molecule has 0 unspecified atom stereocenters. The zero-order chi connectivity index (χ0) is 19.2. The third kappa shape index (κ3) is 3.29. The van der Waals surface area contributed by atoms with Gasteiger partial charge in [-0.2, -0.15) is 0 Å². The minimum Gasteiger partial charge on any atom is -0.227 e. The van der Waals surface area contributed by atoms with Crippen molar-refractivity contribution in [3.05, 3.63) is 81.8 Å². The second-order valence-corrected chi connectivity index (χ2v) is 9.30. The van der Waals surface area contributed by atoms with Gasteiger partial charge in [-0.05, 0) is 49.4 Å². The molecule has 0 bridgehead atoms. The summed E-state index contributed by atoms with van der Waals surface area (Å²) in [7, 11) is -3.86. The summed E-state index contributed by atoms with van der Waals surface area (Å²) in [6.07, 6.45) is 0. The van der Waals surface area contributed by atoms with Crippen molar-refractivity contribution in [2.75, 3.05) is 0 Å². The Labute approximate surface area is 170 Å². The average molecular weight is 462 g/mol. The molecule has 0 saturated carbocycles. The maximum absolute atomic E-state index is 13.5. The van der Waals surface area contributed by atoms with Gasteiger partial charge in [-0.1, -0.05) is 57.4 Å². The number of aryl methyl sites for hydroxylation is 1. The van der Waals surface area contributed by atoms with E-state index in [1.807, 2.05) is 31.2 Å². The summed E-state index contributed by atoms with van der Waals surface area (Å²) in [4.78, 5) is 4.77. The SMILES string of the molecule is Cc1ccc(S(=O)(=O)n2c(-c3ccc(Br)cc3)nc3ccc(Cl)cc32)cc1. The summed E-state index contributed by atoms with van der Waals surface area (Å²) in [6, 6.07) is 19.2. The van der Waals surface area contributed by atoms with Crippen LogP contribution in [0.25, 0.3) is 22.4 Å². The van der Waals surface area contributed by atoms with E-state index in [0.29, 0.717) is 27.4 Å². The van der Waals surface area contributed by atoms with Gasteiger partial charge in [0.25, 0.3) is 10.0 Å². The molecule has 3 aromatic carbocycles. The van der Waals surface area contributed by atoms with Crippen molar-refractivity contribution < 1.29 is 8.42 Å². The van der Waals surface area contributed by atoms with Crippen LogP contribution in [0.15, 0.2) is 76.1 Å². The van der Waals surface area contributed by atoms with Gasteiger partial charge in [0.15, 0.2) is 5.82 Å². The molecular weight excluding hydrogens is 448 g/mol. The van der Waals surface area contributed by atoms with Crippen molar-refractivity contribution in [1.29, 1.82) is 0 Å². The molecule has 136 valence electrons. The van der Waals surface area contributed by atoms with E-state index in [-0.39, 0.29) is 4.90 Å². The minimum absolute atomic E-state index is 0.200. The average Bonchev–Trinajstić information content (AvgIpc) is 3.02.